The Morgan fingerprint density at radius 3 is 2.96 bits per heavy atom. The van der Waals surface area contributed by atoms with Crippen LogP contribution in [0.4, 0.5) is 10.1 Å². The number of hydrogen-bond acceptors (Lipinski definition) is 4. The van der Waals surface area contributed by atoms with Crippen LogP contribution in [-0.4, -0.2) is 43.7 Å². The third-order valence-corrected chi connectivity index (χ3v) is 5.94. The van der Waals surface area contributed by atoms with E-state index in [1.54, 1.807) is 30.5 Å². The van der Waals surface area contributed by atoms with Crippen LogP contribution >= 0.6 is 11.3 Å². The summed E-state index contributed by atoms with van der Waals surface area (Å²) in [5.41, 5.74) is 2.07. The van der Waals surface area contributed by atoms with Gasteiger partial charge < -0.3 is 15.5 Å². The van der Waals surface area contributed by atoms with E-state index in [0.717, 1.165) is 61.2 Å². The Morgan fingerprint density at radius 1 is 1.41 bits per heavy atom. The molecule has 27 heavy (non-hydrogen) atoms. The van der Waals surface area contributed by atoms with Gasteiger partial charge in [-0.05, 0) is 44.9 Å². The molecule has 5 nitrogen and oxygen atoms in total. The van der Waals surface area contributed by atoms with Crippen molar-refractivity contribution in [2.75, 3.05) is 31.6 Å². The first-order valence-electron chi connectivity index (χ1n) is 9.45. The summed E-state index contributed by atoms with van der Waals surface area (Å²) in [5.74, 6) is 0.633. The van der Waals surface area contributed by atoms with Gasteiger partial charge in [0.05, 0.1) is 10.7 Å². The second kappa shape index (κ2) is 9.17. The van der Waals surface area contributed by atoms with Gasteiger partial charge >= 0.3 is 0 Å². The summed E-state index contributed by atoms with van der Waals surface area (Å²) in [6, 6.07) is 7.12. The molecule has 0 radical (unpaired) electrons. The van der Waals surface area contributed by atoms with Crippen molar-refractivity contribution in [1.82, 2.24) is 15.6 Å². The third-order valence-electron chi connectivity index (χ3n) is 4.80. The van der Waals surface area contributed by atoms with E-state index >= 15 is 0 Å². The van der Waals surface area contributed by atoms with Gasteiger partial charge in [-0.25, -0.2) is 9.37 Å². The van der Waals surface area contributed by atoms with Gasteiger partial charge in [-0.2, -0.15) is 0 Å². The molecule has 1 aromatic carbocycles. The largest absolute Gasteiger partial charge is 0.369 e. The Hall–Kier alpha value is -2.15. The fourth-order valence-electron chi connectivity index (χ4n) is 3.49. The van der Waals surface area contributed by atoms with Gasteiger partial charge in [0.25, 0.3) is 0 Å². The van der Waals surface area contributed by atoms with Crippen LogP contribution in [0.15, 0.2) is 29.3 Å². The summed E-state index contributed by atoms with van der Waals surface area (Å²) in [5, 5.41) is 8.04. The van der Waals surface area contributed by atoms with Crippen molar-refractivity contribution in [3.63, 3.8) is 0 Å². The lowest BCUT2D eigenvalue weighted by Gasteiger charge is -2.35. The van der Waals surface area contributed by atoms with Crippen molar-refractivity contribution in [3.05, 3.63) is 45.7 Å². The second-order valence-corrected chi connectivity index (χ2v) is 8.19. The van der Waals surface area contributed by atoms with Crippen molar-refractivity contribution in [3.8, 4) is 0 Å². The zero-order chi connectivity index (χ0) is 19.2. The van der Waals surface area contributed by atoms with E-state index < -0.39 is 0 Å². The first-order valence-corrected chi connectivity index (χ1v) is 10.3. The van der Waals surface area contributed by atoms with E-state index in [1.807, 2.05) is 13.0 Å². The summed E-state index contributed by atoms with van der Waals surface area (Å²) >= 11 is 1.76. The molecule has 3 rings (SSSR count). The molecule has 2 N–H and O–H groups in total. The highest BCUT2D eigenvalue weighted by atomic mass is 32.1. The number of nitrogens with one attached hydrogen (secondary N) is 2. The number of rotatable bonds is 5. The lowest BCUT2D eigenvalue weighted by atomic mass is 10.0. The third kappa shape index (κ3) is 5.42. The Balaban J connectivity index is 1.51. The van der Waals surface area contributed by atoms with Crippen molar-refractivity contribution >= 4 is 23.0 Å². The number of aliphatic imine (C=N–C) groups is 1. The van der Waals surface area contributed by atoms with Crippen LogP contribution in [0.2, 0.25) is 0 Å². The SMILES string of the molecule is CN=C(NCCc1sc(C)nc1C)NC1CCCN(c2cccc(F)c2)C1. The molecule has 1 aliphatic heterocycles. The van der Waals surface area contributed by atoms with Crippen molar-refractivity contribution in [1.29, 1.82) is 0 Å². The van der Waals surface area contributed by atoms with Crippen LogP contribution in [0.25, 0.3) is 0 Å². The topological polar surface area (TPSA) is 52.6 Å². The molecule has 146 valence electrons. The highest BCUT2D eigenvalue weighted by molar-refractivity contribution is 7.11. The van der Waals surface area contributed by atoms with Crippen molar-refractivity contribution < 1.29 is 4.39 Å². The Labute approximate surface area is 164 Å². The number of piperidine rings is 1. The van der Waals surface area contributed by atoms with Gasteiger partial charge in [0, 0.05) is 49.7 Å². The number of thiazole rings is 1. The van der Waals surface area contributed by atoms with Crippen molar-refractivity contribution in [2.45, 2.75) is 39.2 Å². The molecule has 0 spiro atoms. The molecule has 0 amide bonds. The fourth-order valence-corrected chi connectivity index (χ4v) is 4.43. The van der Waals surface area contributed by atoms with Gasteiger partial charge in [0.1, 0.15) is 5.82 Å². The van der Waals surface area contributed by atoms with E-state index in [9.17, 15) is 4.39 Å². The Morgan fingerprint density at radius 2 is 2.26 bits per heavy atom. The number of nitrogens with zero attached hydrogens (tertiary/aromatic N) is 3. The minimum Gasteiger partial charge on any atom is -0.369 e. The first-order chi connectivity index (χ1) is 13.0. The van der Waals surface area contributed by atoms with Gasteiger partial charge in [0.2, 0.25) is 0 Å². The average Bonchev–Trinajstić information content (AvgIpc) is 2.98. The molecule has 0 aliphatic carbocycles. The van der Waals surface area contributed by atoms with Crippen LogP contribution in [0.1, 0.15) is 28.4 Å². The Kier molecular flexibility index (Phi) is 6.66. The number of aryl methyl sites for hydroxylation is 2. The molecular formula is C20H28FN5S. The standard InChI is InChI=1S/C20H28FN5S/c1-14-19(27-15(2)24-14)9-10-23-20(22-3)25-17-7-5-11-26(13-17)18-8-4-6-16(21)12-18/h4,6,8,12,17H,5,7,9-11,13H2,1-3H3,(H2,22,23,25). The molecule has 0 bridgehead atoms. The molecule has 1 fully saturated rings. The second-order valence-electron chi connectivity index (χ2n) is 6.90. The predicted molar refractivity (Wildman–Crippen MR) is 111 cm³/mol. The number of guanidine groups is 1. The smallest absolute Gasteiger partial charge is 0.191 e. The molecule has 7 heteroatoms. The maximum absolute atomic E-state index is 13.5. The van der Waals surface area contributed by atoms with Crippen LogP contribution in [-0.2, 0) is 6.42 Å². The highest BCUT2D eigenvalue weighted by Crippen LogP contribution is 2.21. The van der Waals surface area contributed by atoms with Crippen LogP contribution in [0, 0.1) is 19.7 Å². The van der Waals surface area contributed by atoms with Gasteiger partial charge in [0.15, 0.2) is 5.96 Å². The lowest BCUT2D eigenvalue weighted by molar-refractivity contribution is 0.467. The van der Waals surface area contributed by atoms with E-state index in [4.69, 9.17) is 0 Å². The normalized spacial score (nSPS) is 17.9. The summed E-state index contributed by atoms with van der Waals surface area (Å²) in [6.45, 7) is 6.73. The number of anilines is 1. The zero-order valence-electron chi connectivity index (χ0n) is 16.3. The predicted octanol–water partition coefficient (Wildman–Crippen LogP) is 3.28. The zero-order valence-corrected chi connectivity index (χ0v) is 17.1. The average molecular weight is 390 g/mol. The van der Waals surface area contributed by atoms with Crippen LogP contribution in [0.3, 0.4) is 0 Å². The number of aromatic nitrogens is 1. The summed E-state index contributed by atoms with van der Waals surface area (Å²) < 4.78 is 13.5. The van der Waals surface area contributed by atoms with E-state index in [0.29, 0.717) is 6.04 Å². The maximum Gasteiger partial charge on any atom is 0.191 e. The van der Waals surface area contributed by atoms with E-state index in [2.05, 4.69) is 32.4 Å². The highest BCUT2D eigenvalue weighted by Gasteiger charge is 2.21. The van der Waals surface area contributed by atoms with Gasteiger partial charge in [-0.1, -0.05) is 6.07 Å². The molecular weight excluding hydrogens is 361 g/mol. The van der Waals surface area contributed by atoms with E-state index in [1.165, 1.54) is 10.9 Å². The molecule has 0 saturated carbocycles. The van der Waals surface area contributed by atoms with Crippen molar-refractivity contribution in [2.24, 2.45) is 4.99 Å². The Bertz CT molecular complexity index is 788. The number of halogens is 1. The van der Waals surface area contributed by atoms with Crippen LogP contribution in [0.5, 0.6) is 0 Å². The molecule has 2 heterocycles. The maximum atomic E-state index is 13.5. The first kappa shape index (κ1) is 19.6. The molecule has 1 aromatic heterocycles. The quantitative estimate of drug-likeness (QED) is 0.609. The van der Waals surface area contributed by atoms with Gasteiger partial charge in [-0.15, -0.1) is 11.3 Å². The fraction of sp³-hybridized carbons (Fsp3) is 0.500. The molecule has 1 saturated heterocycles. The monoisotopic (exact) mass is 389 g/mol. The minimum atomic E-state index is -0.186. The van der Waals surface area contributed by atoms with Crippen LogP contribution < -0.4 is 15.5 Å². The molecule has 1 unspecified atom stereocenters. The summed E-state index contributed by atoms with van der Waals surface area (Å²) in [7, 11) is 1.80. The summed E-state index contributed by atoms with van der Waals surface area (Å²) in [6.07, 6.45) is 3.10. The molecule has 1 aliphatic rings. The molecule has 1 atom stereocenters. The number of benzene rings is 1. The number of hydrogen-bond donors (Lipinski definition) is 2. The molecule has 2 aromatic rings. The van der Waals surface area contributed by atoms with Gasteiger partial charge in [-0.3, -0.25) is 4.99 Å². The minimum absolute atomic E-state index is 0.186. The lowest BCUT2D eigenvalue weighted by Crippen LogP contribution is -2.51. The summed E-state index contributed by atoms with van der Waals surface area (Å²) in [4.78, 5) is 12.4. The van der Waals surface area contributed by atoms with E-state index in [-0.39, 0.29) is 5.82 Å².